The van der Waals surface area contributed by atoms with Crippen molar-refractivity contribution in [2.75, 3.05) is 30.8 Å². The molecule has 2 aromatic rings. The van der Waals surface area contributed by atoms with Gasteiger partial charge in [0.1, 0.15) is 4.90 Å². The molecule has 0 aromatic heterocycles. The predicted octanol–water partition coefficient (Wildman–Crippen LogP) is 2.60. The Bertz CT molecular complexity index is 1180. The van der Waals surface area contributed by atoms with E-state index < -0.39 is 45.5 Å². The van der Waals surface area contributed by atoms with Crippen molar-refractivity contribution in [1.82, 2.24) is 9.21 Å². The van der Waals surface area contributed by atoms with Crippen LogP contribution in [0.4, 0.5) is 29.3 Å². The fraction of sp³-hybridized carbons (Fsp3) is 0.263. The zero-order chi connectivity index (χ0) is 22.5. The standard InChI is InChI=1S/C19H17F3N4O4S/c1-25-5-4-12(9-25)26-19(28)24-15-3-2-10(6-16(15)31(26,29)30)18(27)23-11-7-13(20)17(22)14(21)8-11/h2-3,6-8,12H,4-5,9H2,1H3,(H,23,27)(H,24,28)/t12-/m0/s1. The molecule has 8 nitrogen and oxygen atoms in total. The van der Waals surface area contributed by atoms with Crippen LogP contribution in [0.3, 0.4) is 0 Å². The number of fused-ring (bicyclic) bond motifs is 1. The van der Waals surface area contributed by atoms with Gasteiger partial charge in [0.2, 0.25) is 0 Å². The number of carbonyl (C=O) groups excluding carboxylic acids is 2. The molecule has 12 heteroatoms. The average Bonchev–Trinajstić information content (AvgIpc) is 3.11. The molecule has 0 radical (unpaired) electrons. The summed E-state index contributed by atoms with van der Waals surface area (Å²) in [6, 6.07) is 3.45. The summed E-state index contributed by atoms with van der Waals surface area (Å²) in [5.41, 5.74) is -0.457. The second kappa shape index (κ2) is 7.54. The average molecular weight is 454 g/mol. The summed E-state index contributed by atoms with van der Waals surface area (Å²) in [7, 11) is -2.43. The number of carbonyl (C=O) groups is 2. The maximum atomic E-state index is 13.4. The molecular weight excluding hydrogens is 437 g/mol. The maximum Gasteiger partial charge on any atom is 0.336 e. The van der Waals surface area contributed by atoms with Gasteiger partial charge in [-0.1, -0.05) is 0 Å². The first-order chi connectivity index (χ1) is 14.6. The van der Waals surface area contributed by atoms with Crippen LogP contribution in [0.25, 0.3) is 0 Å². The minimum absolute atomic E-state index is 0.0167. The van der Waals surface area contributed by atoms with E-state index >= 15 is 0 Å². The smallest absolute Gasteiger partial charge is 0.322 e. The van der Waals surface area contributed by atoms with Crippen molar-refractivity contribution in [2.45, 2.75) is 17.4 Å². The summed E-state index contributed by atoms with van der Waals surface area (Å²) in [5.74, 6) is -5.51. The molecule has 2 N–H and O–H groups in total. The van der Waals surface area contributed by atoms with Crippen molar-refractivity contribution in [3.63, 3.8) is 0 Å². The van der Waals surface area contributed by atoms with Crippen LogP contribution in [-0.4, -0.2) is 55.7 Å². The number of nitrogens with zero attached hydrogens (tertiary/aromatic N) is 2. The normalized spacial score (nSPS) is 20.3. The Balaban J connectivity index is 1.65. The number of likely N-dealkylation sites (tertiary alicyclic amines) is 1. The van der Waals surface area contributed by atoms with Crippen LogP contribution in [0, 0.1) is 17.5 Å². The van der Waals surface area contributed by atoms with Crippen molar-refractivity contribution >= 4 is 33.3 Å². The van der Waals surface area contributed by atoms with E-state index in [9.17, 15) is 31.2 Å². The van der Waals surface area contributed by atoms with Crippen LogP contribution >= 0.6 is 0 Å². The van der Waals surface area contributed by atoms with Crippen LogP contribution in [0.2, 0.25) is 0 Å². The molecule has 2 heterocycles. The molecule has 4 rings (SSSR count). The zero-order valence-corrected chi connectivity index (χ0v) is 17.0. The van der Waals surface area contributed by atoms with Crippen molar-refractivity contribution in [3.05, 3.63) is 53.3 Å². The highest BCUT2D eigenvalue weighted by atomic mass is 32.2. The van der Waals surface area contributed by atoms with Gasteiger partial charge in [0.15, 0.2) is 17.5 Å². The molecule has 0 unspecified atom stereocenters. The zero-order valence-electron chi connectivity index (χ0n) is 16.2. The molecule has 1 saturated heterocycles. The second-order valence-corrected chi connectivity index (χ2v) is 9.14. The van der Waals surface area contributed by atoms with E-state index in [0.29, 0.717) is 31.6 Å². The van der Waals surface area contributed by atoms with Crippen molar-refractivity contribution in [1.29, 1.82) is 0 Å². The summed E-state index contributed by atoms with van der Waals surface area (Å²) in [6.07, 6.45) is 0.473. The van der Waals surface area contributed by atoms with Gasteiger partial charge in [-0.05, 0) is 38.2 Å². The van der Waals surface area contributed by atoms with Gasteiger partial charge in [-0.15, -0.1) is 0 Å². The molecule has 0 bridgehead atoms. The number of hydrogen-bond acceptors (Lipinski definition) is 5. The lowest BCUT2D eigenvalue weighted by molar-refractivity contribution is 0.102. The Hall–Kier alpha value is -3.12. The molecule has 1 atom stereocenters. The van der Waals surface area contributed by atoms with Gasteiger partial charge >= 0.3 is 6.03 Å². The van der Waals surface area contributed by atoms with E-state index in [1.807, 2.05) is 11.9 Å². The molecule has 0 saturated carbocycles. The van der Waals surface area contributed by atoms with Gasteiger partial charge in [-0.25, -0.2) is 30.7 Å². The first-order valence-corrected chi connectivity index (χ1v) is 10.7. The van der Waals surface area contributed by atoms with Crippen LogP contribution < -0.4 is 10.6 Å². The third kappa shape index (κ3) is 3.72. The molecule has 2 aliphatic heterocycles. The molecule has 31 heavy (non-hydrogen) atoms. The number of urea groups is 1. The Morgan fingerprint density at radius 3 is 2.45 bits per heavy atom. The number of hydrogen-bond donors (Lipinski definition) is 2. The van der Waals surface area contributed by atoms with Crippen LogP contribution in [0.15, 0.2) is 35.2 Å². The van der Waals surface area contributed by atoms with Gasteiger partial charge in [-0.2, -0.15) is 0 Å². The SMILES string of the molecule is CN1CC[C@H](N2C(=O)Nc3ccc(C(=O)Nc4cc(F)c(F)c(F)c4)cc3S2(=O)=O)C1. The lowest BCUT2D eigenvalue weighted by Crippen LogP contribution is -2.50. The molecule has 1 fully saturated rings. The van der Waals surface area contributed by atoms with Gasteiger partial charge < -0.3 is 15.5 Å². The van der Waals surface area contributed by atoms with Gasteiger partial charge in [0.05, 0.1) is 11.7 Å². The predicted molar refractivity (Wildman–Crippen MR) is 105 cm³/mol. The quantitative estimate of drug-likeness (QED) is 0.695. The highest BCUT2D eigenvalue weighted by Crippen LogP contribution is 2.34. The Kier molecular flexibility index (Phi) is 5.13. The Labute approximate surface area is 175 Å². The third-order valence-corrected chi connectivity index (χ3v) is 7.04. The van der Waals surface area contributed by atoms with E-state index in [2.05, 4.69) is 10.6 Å². The fourth-order valence-corrected chi connectivity index (χ4v) is 5.38. The molecular formula is C19H17F3N4O4S. The Morgan fingerprint density at radius 2 is 1.84 bits per heavy atom. The number of rotatable bonds is 3. The summed E-state index contributed by atoms with van der Waals surface area (Å²) in [4.78, 5) is 26.6. The number of anilines is 2. The minimum Gasteiger partial charge on any atom is -0.322 e. The highest BCUT2D eigenvalue weighted by Gasteiger charge is 2.43. The first-order valence-electron chi connectivity index (χ1n) is 9.22. The van der Waals surface area contributed by atoms with E-state index in [4.69, 9.17) is 0 Å². The largest absolute Gasteiger partial charge is 0.336 e. The maximum absolute atomic E-state index is 13.4. The number of likely N-dealkylation sites (N-methyl/N-ethyl adjacent to an activating group) is 1. The number of sulfonamides is 1. The summed E-state index contributed by atoms with van der Waals surface area (Å²) >= 11 is 0. The molecule has 2 aliphatic rings. The molecule has 3 amide bonds. The summed E-state index contributed by atoms with van der Waals surface area (Å²) < 4.78 is 66.9. The first kappa shape index (κ1) is 21.1. The lowest BCUT2D eigenvalue weighted by Gasteiger charge is -2.33. The third-order valence-electron chi connectivity index (χ3n) is 5.16. The fourth-order valence-electron chi connectivity index (χ4n) is 3.66. The van der Waals surface area contributed by atoms with Gasteiger partial charge in [0, 0.05) is 29.9 Å². The number of benzene rings is 2. The van der Waals surface area contributed by atoms with Crippen LogP contribution in [0.1, 0.15) is 16.8 Å². The molecule has 0 spiro atoms. The van der Waals surface area contributed by atoms with E-state index in [0.717, 1.165) is 10.4 Å². The molecule has 2 aromatic carbocycles. The van der Waals surface area contributed by atoms with Crippen molar-refractivity contribution in [3.8, 4) is 0 Å². The second-order valence-electron chi connectivity index (χ2n) is 7.35. The summed E-state index contributed by atoms with van der Waals surface area (Å²) in [6.45, 7) is 1.01. The monoisotopic (exact) mass is 454 g/mol. The minimum atomic E-state index is -4.24. The number of halogens is 3. The van der Waals surface area contributed by atoms with E-state index in [1.165, 1.54) is 12.1 Å². The Morgan fingerprint density at radius 1 is 1.16 bits per heavy atom. The van der Waals surface area contributed by atoms with E-state index in [1.54, 1.807) is 0 Å². The summed E-state index contributed by atoms with van der Waals surface area (Å²) in [5, 5.41) is 4.71. The molecule has 0 aliphatic carbocycles. The van der Waals surface area contributed by atoms with Crippen LogP contribution in [-0.2, 0) is 10.0 Å². The molecule has 164 valence electrons. The van der Waals surface area contributed by atoms with Gasteiger partial charge in [0.25, 0.3) is 15.9 Å². The highest BCUT2D eigenvalue weighted by molar-refractivity contribution is 7.90. The van der Waals surface area contributed by atoms with Crippen molar-refractivity contribution < 1.29 is 31.2 Å². The number of nitrogens with one attached hydrogen (secondary N) is 2. The van der Waals surface area contributed by atoms with Crippen LogP contribution in [0.5, 0.6) is 0 Å². The van der Waals surface area contributed by atoms with Crippen molar-refractivity contribution in [2.24, 2.45) is 0 Å². The number of amides is 3. The lowest BCUT2D eigenvalue weighted by atomic mass is 10.1. The topological polar surface area (TPSA) is 98.8 Å². The van der Waals surface area contributed by atoms with Gasteiger partial charge in [-0.3, -0.25) is 4.79 Å². The van der Waals surface area contributed by atoms with E-state index in [-0.39, 0.29) is 21.8 Å².